The van der Waals surface area contributed by atoms with Crippen molar-refractivity contribution in [2.24, 2.45) is 0 Å². The smallest absolute Gasteiger partial charge is 0.260 e. The van der Waals surface area contributed by atoms with Crippen LogP contribution in [-0.4, -0.2) is 57.8 Å². The number of amides is 1. The number of rotatable bonds is 6. The number of benzene rings is 2. The SMILES string of the molecule is COc1cc(OC)cc(OCC(=O)N2CCN(c3cc(Cl)ccc3C)CC2)c1. The van der Waals surface area contributed by atoms with Gasteiger partial charge in [-0.25, -0.2) is 0 Å². The molecule has 0 aromatic heterocycles. The molecular formula is C21H25ClN2O4. The van der Waals surface area contributed by atoms with Gasteiger partial charge in [-0.2, -0.15) is 0 Å². The highest BCUT2D eigenvalue weighted by Gasteiger charge is 2.22. The van der Waals surface area contributed by atoms with Crippen LogP contribution in [0.15, 0.2) is 36.4 Å². The molecule has 1 aliphatic rings. The summed E-state index contributed by atoms with van der Waals surface area (Å²) in [4.78, 5) is 16.6. The molecule has 2 aromatic rings. The first-order chi connectivity index (χ1) is 13.5. The number of anilines is 1. The Balaban J connectivity index is 1.55. The molecule has 0 radical (unpaired) electrons. The van der Waals surface area contributed by atoms with Gasteiger partial charge < -0.3 is 24.0 Å². The minimum Gasteiger partial charge on any atom is -0.496 e. The van der Waals surface area contributed by atoms with Crippen LogP contribution in [0.4, 0.5) is 5.69 Å². The van der Waals surface area contributed by atoms with Gasteiger partial charge in [0.25, 0.3) is 5.91 Å². The summed E-state index contributed by atoms with van der Waals surface area (Å²) in [5.74, 6) is 1.74. The molecule has 6 nitrogen and oxygen atoms in total. The topological polar surface area (TPSA) is 51.2 Å². The van der Waals surface area contributed by atoms with Crippen LogP contribution >= 0.6 is 11.6 Å². The number of aryl methyl sites for hydroxylation is 1. The Hall–Kier alpha value is -2.60. The number of hydrogen-bond donors (Lipinski definition) is 0. The second-order valence-electron chi connectivity index (χ2n) is 6.64. The lowest BCUT2D eigenvalue weighted by Gasteiger charge is -2.36. The Bertz CT molecular complexity index is 813. The van der Waals surface area contributed by atoms with E-state index in [-0.39, 0.29) is 12.5 Å². The predicted molar refractivity (Wildman–Crippen MR) is 110 cm³/mol. The Morgan fingerprint density at radius 3 is 2.18 bits per heavy atom. The lowest BCUT2D eigenvalue weighted by atomic mass is 10.1. The molecule has 0 saturated carbocycles. The molecule has 1 saturated heterocycles. The molecule has 0 atom stereocenters. The van der Waals surface area contributed by atoms with Gasteiger partial charge in [-0.1, -0.05) is 17.7 Å². The van der Waals surface area contributed by atoms with Gasteiger partial charge in [-0.15, -0.1) is 0 Å². The maximum Gasteiger partial charge on any atom is 0.260 e. The van der Waals surface area contributed by atoms with E-state index in [1.165, 1.54) is 5.56 Å². The number of methoxy groups -OCH3 is 2. The fourth-order valence-electron chi connectivity index (χ4n) is 3.22. The molecule has 1 aliphatic heterocycles. The van der Waals surface area contributed by atoms with E-state index in [4.69, 9.17) is 25.8 Å². The van der Waals surface area contributed by atoms with Gasteiger partial charge >= 0.3 is 0 Å². The first-order valence-electron chi connectivity index (χ1n) is 9.15. The summed E-state index contributed by atoms with van der Waals surface area (Å²) in [6.45, 7) is 4.87. The minimum absolute atomic E-state index is 0.0213. The molecule has 0 N–H and O–H groups in total. The summed E-state index contributed by atoms with van der Waals surface area (Å²) < 4.78 is 16.1. The van der Waals surface area contributed by atoms with E-state index in [0.717, 1.165) is 23.8 Å². The molecule has 7 heteroatoms. The maximum atomic E-state index is 12.5. The minimum atomic E-state index is -0.0377. The van der Waals surface area contributed by atoms with Gasteiger partial charge in [0.1, 0.15) is 17.2 Å². The van der Waals surface area contributed by atoms with Crippen molar-refractivity contribution in [3.8, 4) is 17.2 Å². The summed E-state index contributed by atoms with van der Waals surface area (Å²) in [6, 6.07) is 11.1. The van der Waals surface area contributed by atoms with Crippen LogP contribution < -0.4 is 19.1 Å². The van der Waals surface area contributed by atoms with Crippen molar-refractivity contribution in [2.75, 3.05) is 51.9 Å². The molecule has 3 rings (SSSR count). The van der Waals surface area contributed by atoms with Crippen LogP contribution in [0.25, 0.3) is 0 Å². The van der Waals surface area contributed by atoms with Gasteiger partial charge in [-0.05, 0) is 24.6 Å². The average molecular weight is 405 g/mol. The molecule has 28 heavy (non-hydrogen) atoms. The molecule has 0 spiro atoms. The number of piperazine rings is 1. The summed E-state index contributed by atoms with van der Waals surface area (Å²) in [5.41, 5.74) is 2.30. The van der Waals surface area contributed by atoms with Crippen molar-refractivity contribution in [1.82, 2.24) is 4.90 Å². The van der Waals surface area contributed by atoms with Gasteiger partial charge in [-0.3, -0.25) is 4.79 Å². The van der Waals surface area contributed by atoms with E-state index in [1.807, 2.05) is 23.1 Å². The fourth-order valence-corrected chi connectivity index (χ4v) is 3.39. The van der Waals surface area contributed by atoms with Crippen LogP contribution in [0.5, 0.6) is 17.2 Å². The summed E-state index contributed by atoms with van der Waals surface area (Å²) in [5, 5.41) is 0.723. The molecule has 0 aliphatic carbocycles. The third-order valence-corrected chi connectivity index (χ3v) is 5.07. The largest absolute Gasteiger partial charge is 0.496 e. The highest BCUT2D eigenvalue weighted by Crippen LogP contribution is 2.28. The van der Waals surface area contributed by atoms with Gasteiger partial charge in [0, 0.05) is 55.1 Å². The van der Waals surface area contributed by atoms with E-state index >= 15 is 0 Å². The summed E-state index contributed by atoms with van der Waals surface area (Å²) in [7, 11) is 3.15. The monoisotopic (exact) mass is 404 g/mol. The predicted octanol–water partition coefficient (Wildman–Crippen LogP) is 3.39. The van der Waals surface area contributed by atoms with E-state index in [9.17, 15) is 4.79 Å². The molecule has 0 unspecified atom stereocenters. The van der Waals surface area contributed by atoms with Gasteiger partial charge in [0.05, 0.1) is 14.2 Å². The number of halogens is 1. The van der Waals surface area contributed by atoms with Crippen molar-refractivity contribution in [2.45, 2.75) is 6.92 Å². The van der Waals surface area contributed by atoms with Gasteiger partial charge in [0.2, 0.25) is 0 Å². The highest BCUT2D eigenvalue weighted by molar-refractivity contribution is 6.30. The molecule has 0 bridgehead atoms. The Kier molecular flexibility index (Phi) is 6.52. The number of hydrogen-bond acceptors (Lipinski definition) is 5. The standard InChI is InChI=1S/C21H25ClN2O4/c1-15-4-5-16(22)10-20(15)23-6-8-24(9-7-23)21(25)14-28-19-12-17(26-2)11-18(13-19)27-3/h4-5,10-13H,6-9,14H2,1-3H3. The Morgan fingerprint density at radius 2 is 1.57 bits per heavy atom. The lowest BCUT2D eigenvalue weighted by Crippen LogP contribution is -2.50. The molecule has 1 amide bonds. The average Bonchev–Trinajstić information content (AvgIpc) is 2.73. The molecule has 150 valence electrons. The van der Waals surface area contributed by atoms with Crippen LogP contribution in [0.1, 0.15) is 5.56 Å². The highest BCUT2D eigenvalue weighted by atomic mass is 35.5. The molecular weight excluding hydrogens is 380 g/mol. The van der Waals surface area contributed by atoms with Crippen LogP contribution in [0, 0.1) is 6.92 Å². The molecule has 2 aromatic carbocycles. The Morgan fingerprint density at radius 1 is 0.964 bits per heavy atom. The van der Waals surface area contributed by atoms with Crippen molar-refractivity contribution in [1.29, 1.82) is 0 Å². The molecule has 1 heterocycles. The quantitative estimate of drug-likeness (QED) is 0.738. The maximum absolute atomic E-state index is 12.5. The van der Waals surface area contributed by atoms with Crippen molar-refractivity contribution >= 4 is 23.2 Å². The van der Waals surface area contributed by atoms with Crippen LogP contribution in [-0.2, 0) is 4.79 Å². The summed E-state index contributed by atoms with van der Waals surface area (Å²) in [6.07, 6.45) is 0. The zero-order valence-corrected chi connectivity index (χ0v) is 17.2. The Labute approximate surface area is 170 Å². The van der Waals surface area contributed by atoms with E-state index in [2.05, 4.69) is 11.8 Å². The van der Waals surface area contributed by atoms with Crippen LogP contribution in [0.3, 0.4) is 0 Å². The third-order valence-electron chi connectivity index (χ3n) is 4.83. The number of ether oxygens (including phenoxy) is 3. The van der Waals surface area contributed by atoms with E-state index in [1.54, 1.807) is 32.4 Å². The van der Waals surface area contributed by atoms with Crippen LogP contribution in [0.2, 0.25) is 5.02 Å². The van der Waals surface area contributed by atoms with Crippen molar-refractivity contribution in [3.63, 3.8) is 0 Å². The van der Waals surface area contributed by atoms with Crippen molar-refractivity contribution in [3.05, 3.63) is 47.0 Å². The lowest BCUT2D eigenvalue weighted by molar-refractivity contribution is -0.133. The van der Waals surface area contributed by atoms with Gasteiger partial charge in [0.15, 0.2) is 6.61 Å². The zero-order valence-electron chi connectivity index (χ0n) is 16.4. The van der Waals surface area contributed by atoms with E-state index < -0.39 is 0 Å². The van der Waals surface area contributed by atoms with E-state index in [0.29, 0.717) is 30.3 Å². The first kappa shape index (κ1) is 20.1. The van der Waals surface area contributed by atoms with Crippen molar-refractivity contribution < 1.29 is 19.0 Å². The second kappa shape index (κ2) is 9.06. The fraction of sp³-hybridized carbons (Fsp3) is 0.381. The number of nitrogens with zero attached hydrogens (tertiary/aromatic N) is 2. The second-order valence-corrected chi connectivity index (χ2v) is 7.07. The first-order valence-corrected chi connectivity index (χ1v) is 9.52. The number of carbonyl (C=O) groups excluding carboxylic acids is 1. The zero-order chi connectivity index (χ0) is 20.1. The third kappa shape index (κ3) is 4.81. The molecule has 1 fully saturated rings. The normalized spacial score (nSPS) is 14.0. The number of carbonyl (C=O) groups is 1. The summed E-state index contributed by atoms with van der Waals surface area (Å²) >= 11 is 6.13.